The topological polar surface area (TPSA) is 45.8 Å². The Balaban J connectivity index is 2.09. The summed E-state index contributed by atoms with van der Waals surface area (Å²) in [6.45, 7) is 2.02. The van der Waals surface area contributed by atoms with Crippen LogP contribution >= 0.6 is 11.6 Å². The van der Waals surface area contributed by atoms with E-state index in [0.29, 0.717) is 21.8 Å². The second kappa shape index (κ2) is 5.54. The number of nitrogens with zero attached hydrogens (tertiary/aromatic N) is 1. The Morgan fingerprint density at radius 1 is 1.19 bits per heavy atom. The number of aryl methyl sites for hydroxylation is 1. The van der Waals surface area contributed by atoms with Gasteiger partial charge < -0.3 is 4.98 Å². The van der Waals surface area contributed by atoms with E-state index in [4.69, 9.17) is 11.6 Å². The molecule has 0 aliphatic rings. The van der Waals surface area contributed by atoms with Crippen LogP contribution in [0.3, 0.4) is 0 Å². The zero-order valence-electron chi connectivity index (χ0n) is 11.4. The highest BCUT2D eigenvalue weighted by molar-refractivity contribution is 6.50. The number of H-pyrrole nitrogens is 1. The quantitative estimate of drug-likeness (QED) is 0.778. The van der Waals surface area contributed by atoms with E-state index in [9.17, 15) is 4.79 Å². The van der Waals surface area contributed by atoms with Crippen LogP contribution in [-0.2, 0) is 0 Å². The molecule has 0 spiro atoms. The predicted molar refractivity (Wildman–Crippen MR) is 87.3 cm³/mol. The van der Waals surface area contributed by atoms with Gasteiger partial charge in [-0.05, 0) is 30.7 Å². The number of rotatable bonds is 2. The minimum Gasteiger partial charge on any atom is -0.305 e. The van der Waals surface area contributed by atoms with Gasteiger partial charge >= 0.3 is 0 Å². The molecule has 0 fully saturated rings. The van der Waals surface area contributed by atoms with Crippen molar-refractivity contribution in [2.75, 3.05) is 0 Å². The van der Waals surface area contributed by atoms with Crippen molar-refractivity contribution >= 4 is 33.6 Å². The van der Waals surface area contributed by atoms with E-state index in [1.165, 1.54) is 0 Å². The monoisotopic (exact) mass is 296 g/mol. The van der Waals surface area contributed by atoms with Gasteiger partial charge in [-0.25, -0.2) is 4.98 Å². The number of fused-ring (bicyclic) bond motifs is 1. The van der Waals surface area contributed by atoms with Crippen LogP contribution in [0.4, 0.5) is 0 Å². The molecular weight excluding hydrogens is 284 g/mol. The Kier molecular flexibility index (Phi) is 3.59. The Labute approximate surface area is 126 Å². The first-order valence-electron chi connectivity index (χ1n) is 6.57. The molecule has 1 N–H and O–H groups in total. The third kappa shape index (κ3) is 2.88. The van der Waals surface area contributed by atoms with E-state index in [2.05, 4.69) is 9.97 Å². The molecule has 0 amide bonds. The Hall–Kier alpha value is -2.39. The lowest BCUT2D eigenvalue weighted by atomic mass is 10.1. The van der Waals surface area contributed by atoms with Gasteiger partial charge in [-0.3, -0.25) is 4.79 Å². The highest BCUT2D eigenvalue weighted by Gasteiger charge is 2.06. The molecule has 0 saturated heterocycles. The predicted octanol–water partition coefficient (Wildman–Crippen LogP) is 3.97. The van der Waals surface area contributed by atoms with E-state index in [0.717, 1.165) is 11.1 Å². The Bertz CT molecular complexity index is 896. The molecule has 1 heterocycles. The summed E-state index contributed by atoms with van der Waals surface area (Å²) >= 11 is 6.29. The lowest BCUT2D eigenvalue weighted by molar-refractivity contribution is 1.14. The maximum absolute atomic E-state index is 12.0. The first-order chi connectivity index (χ1) is 10.1. The second-order valence-electron chi connectivity index (χ2n) is 4.84. The SMILES string of the molecule is Cc1cccc(C=C(Cl)c2nc3ccccc3c(=O)[nH]2)c1. The van der Waals surface area contributed by atoms with Gasteiger partial charge in [-0.1, -0.05) is 53.6 Å². The average Bonchev–Trinajstić information content (AvgIpc) is 2.47. The number of hydrogen-bond acceptors (Lipinski definition) is 2. The molecule has 3 nitrogen and oxygen atoms in total. The minimum atomic E-state index is -0.189. The average molecular weight is 297 g/mol. The number of aromatic amines is 1. The van der Waals surface area contributed by atoms with Gasteiger partial charge in [0.1, 0.15) is 0 Å². The number of benzene rings is 2. The molecule has 0 bridgehead atoms. The van der Waals surface area contributed by atoms with Crippen molar-refractivity contribution in [3.8, 4) is 0 Å². The Morgan fingerprint density at radius 2 is 2.00 bits per heavy atom. The van der Waals surface area contributed by atoms with E-state index in [1.54, 1.807) is 18.2 Å². The molecule has 0 aliphatic heterocycles. The lowest BCUT2D eigenvalue weighted by Crippen LogP contribution is -2.10. The van der Waals surface area contributed by atoms with Gasteiger partial charge in [0, 0.05) is 0 Å². The van der Waals surface area contributed by atoms with Crippen LogP contribution < -0.4 is 5.56 Å². The number of halogens is 1. The zero-order chi connectivity index (χ0) is 14.8. The fraction of sp³-hybridized carbons (Fsp3) is 0.0588. The summed E-state index contributed by atoms with van der Waals surface area (Å²) in [6.07, 6.45) is 1.79. The summed E-state index contributed by atoms with van der Waals surface area (Å²) in [7, 11) is 0. The molecule has 3 aromatic rings. The van der Waals surface area contributed by atoms with Gasteiger partial charge in [0.25, 0.3) is 5.56 Å². The summed E-state index contributed by atoms with van der Waals surface area (Å²) in [4.78, 5) is 19.1. The van der Waals surface area contributed by atoms with Crippen molar-refractivity contribution < 1.29 is 0 Å². The van der Waals surface area contributed by atoms with E-state index in [1.807, 2.05) is 43.3 Å². The molecule has 0 unspecified atom stereocenters. The van der Waals surface area contributed by atoms with E-state index < -0.39 is 0 Å². The van der Waals surface area contributed by atoms with Gasteiger partial charge in [-0.2, -0.15) is 0 Å². The minimum absolute atomic E-state index is 0.189. The van der Waals surface area contributed by atoms with Crippen molar-refractivity contribution in [1.82, 2.24) is 9.97 Å². The zero-order valence-corrected chi connectivity index (χ0v) is 12.2. The lowest BCUT2D eigenvalue weighted by Gasteiger charge is -2.02. The molecule has 3 rings (SSSR count). The molecule has 1 aromatic heterocycles. The third-order valence-electron chi connectivity index (χ3n) is 3.17. The van der Waals surface area contributed by atoms with Crippen molar-refractivity contribution in [3.05, 3.63) is 75.8 Å². The first-order valence-corrected chi connectivity index (χ1v) is 6.94. The summed E-state index contributed by atoms with van der Waals surface area (Å²) in [5.74, 6) is 0.377. The maximum atomic E-state index is 12.0. The number of para-hydroxylation sites is 1. The number of nitrogens with one attached hydrogen (secondary N) is 1. The highest BCUT2D eigenvalue weighted by Crippen LogP contribution is 2.20. The molecule has 21 heavy (non-hydrogen) atoms. The summed E-state index contributed by atoms with van der Waals surface area (Å²) in [5, 5.41) is 0.963. The van der Waals surface area contributed by atoms with Crippen LogP contribution in [0, 0.1) is 6.92 Å². The van der Waals surface area contributed by atoms with Crippen molar-refractivity contribution in [2.24, 2.45) is 0 Å². The summed E-state index contributed by atoms with van der Waals surface area (Å²) in [6, 6.07) is 15.1. The highest BCUT2D eigenvalue weighted by atomic mass is 35.5. The standard InChI is InChI=1S/C17H13ClN2O/c1-11-5-4-6-12(9-11)10-14(18)16-19-15-8-3-2-7-13(15)17(21)20-16/h2-10H,1H3,(H,19,20,21). The largest absolute Gasteiger partial charge is 0.305 e. The smallest absolute Gasteiger partial charge is 0.259 e. The third-order valence-corrected chi connectivity index (χ3v) is 3.46. The van der Waals surface area contributed by atoms with Gasteiger partial charge in [-0.15, -0.1) is 0 Å². The first kappa shape index (κ1) is 13.6. The maximum Gasteiger partial charge on any atom is 0.259 e. The van der Waals surface area contributed by atoms with Crippen LogP contribution in [0.1, 0.15) is 17.0 Å². The summed E-state index contributed by atoms with van der Waals surface area (Å²) < 4.78 is 0. The van der Waals surface area contributed by atoms with Crippen LogP contribution in [0.5, 0.6) is 0 Å². The van der Waals surface area contributed by atoms with Crippen molar-refractivity contribution in [1.29, 1.82) is 0 Å². The van der Waals surface area contributed by atoms with E-state index in [-0.39, 0.29) is 5.56 Å². The molecule has 0 aliphatic carbocycles. The van der Waals surface area contributed by atoms with Crippen LogP contribution in [0.2, 0.25) is 0 Å². The molecule has 2 aromatic carbocycles. The number of aromatic nitrogens is 2. The molecule has 0 atom stereocenters. The van der Waals surface area contributed by atoms with Crippen LogP contribution in [-0.4, -0.2) is 9.97 Å². The van der Waals surface area contributed by atoms with Gasteiger partial charge in [0.2, 0.25) is 0 Å². The van der Waals surface area contributed by atoms with Crippen LogP contribution in [0.15, 0.2) is 53.3 Å². The fourth-order valence-electron chi connectivity index (χ4n) is 2.17. The normalized spacial score (nSPS) is 11.8. The van der Waals surface area contributed by atoms with Gasteiger partial charge in [0.15, 0.2) is 5.82 Å². The molecule has 4 heteroatoms. The molecule has 104 valence electrons. The van der Waals surface area contributed by atoms with Gasteiger partial charge in [0.05, 0.1) is 15.9 Å². The number of hydrogen-bond donors (Lipinski definition) is 1. The summed E-state index contributed by atoms with van der Waals surface area (Å²) in [5.41, 5.74) is 2.56. The van der Waals surface area contributed by atoms with Crippen molar-refractivity contribution in [2.45, 2.75) is 6.92 Å². The molecule has 0 saturated carbocycles. The molecular formula is C17H13ClN2O. The van der Waals surface area contributed by atoms with Crippen molar-refractivity contribution in [3.63, 3.8) is 0 Å². The Morgan fingerprint density at radius 3 is 2.81 bits per heavy atom. The second-order valence-corrected chi connectivity index (χ2v) is 5.25. The van der Waals surface area contributed by atoms with E-state index >= 15 is 0 Å². The fourth-order valence-corrected chi connectivity index (χ4v) is 2.39. The van der Waals surface area contributed by atoms with Crippen LogP contribution in [0.25, 0.3) is 22.0 Å². The molecule has 0 radical (unpaired) electrons.